The van der Waals surface area contributed by atoms with E-state index in [-0.39, 0.29) is 16.4 Å². The van der Waals surface area contributed by atoms with Gasteiger partial charge in [0.05, 0.1) is 5.25 Å². The molecule has 1 aromatic heterocycles. The number of nitrogens with zero attached hydrogens (tertiary/aromatic N) is 3. The molecule has 1 heterocycles. The van der Waals surface area contributed by atoms with Gasteiger partial charge in [-0.3, -0.25) is 4.79 Å². The Bertz CT molecular complexity index is 626. The van der Waals surface area contributed by atoms with Crippen LogP contribution < -0.4 is 0 Å². The van der Waals surface area contributed by atoms with Gasteiger partial charge in [0.15, 0.2) is 10.9 Å². The van der Waals surface area contributed by atoms with Gasteiger partial charge in [0.1, 0.15) is 6.33 Å². The molecule has 0 aliphatic rings. The number of rotatable bonds is 4. The zero-order valence-electron chi connectivity index (χ0n) is 13.1. The van der Waals surface area contributed by atoms with E-state index in [4.69, 9.17) is 0 Å². The number of thioether (sulfide) groups is 1. The van der Waals surface area contributed by atoms with Crippen molar-refractivity contribution in [3.8, 4) is 0 Å². The van der Waals surface area contributed by atoms with Crippen molar-refractivity contribution in [3.63, 3.8) is 0 Å². The standard InChI is InChI=1S/C16H21N3OS/c1-11(21-15-18-17-10-19(15)5)14(20)12-6-8-13(9-7-12)16(2,3)4/h6-11H,1-5H3/t11-/m1/s1. The van der Waals surface area contributed by atoms with Crippen LogP contribution in [0.25, 0.3) is 0 Å². The minimum Gasteiger partial charge on any atom is -0.312 e. The Hall–Kier alpha value is -1.62. The fourth-order valence-electron chi connectivity index (χ4n) is 1.96. The predicted octanol–water partition coefficient (Wildman–Crippen LogP) is 3.48. The lowest BCUT2D eigenvalue weighted by Gasteiger charge is -2.19. The van der Waals surface area contributed by atoms with Crippen molar-refractivity contribution in [2.24, 2.45) is 7.05 Å². The van der Waals surface area contributed by atoms with E-state index >= 15 is 0 Å². The van der Waals surface area contributed by atoms with Crippen molar-refractivity contribution >= 4 is 17.5 Å². The number of carbonyl (C=O) groups excluding carboxylic acids is 1. The third-order valence-corrected chi connectivity index (χ3v) is 4.50. The van der Waals surface area contributed by atoms with Crippen LogP contribution >= 0.6 is 11.8 Å². The first kappa shape index (κ1) is 15.8. The van der Waals surface area contributed by atoms with E-state index in [1.165, 1.54) is 17.3 Å². The van der Waals surface area contributed by atoms with Crippen molar-refractivity contribution < 1.29 is 4.79 Å². The van der Waals surface area contributed by atoms with Crippen molar-refractivity contribution in [1.82, 2.24) is 14.8 Å². The highest BCUT2D eigenvalue weighted by Gasteiger charge is 2.20. The summed E-state index contributed by atoms with van der Waals surface area (Å²) >= 11 is 1.43. The van der Waals surface area contributed by atoms with Crippen LogP contribution in [0.2, 0.25) is 0 Å². The zero-order valence-corrected chi connectivity index (χ0v) is 13.9. The molecule has 0 aliphatic heterocycles. The quantitative estimate of drug-likeness (QED) is 0.641. The van der Waals surface area contributed by atoms with Crippen LogP contribution in [-0.2, 0) is 12.5 Å². The largest absolute Gasteiger partial charge is 0.312 e. The van der Waals surface area contributed by atoms with Gasteiger partial charge in [-0.15, -0.1) is 10.2 Å². The highest BCUT2D eigenvalue weighted by Crippen LogP contribution is 2.25. The van der Waals surface area contributed by atoms with Gasteiger partial charge in [-0.2, -0.15) is 0 Å². The maximum atomic E-state index is 12.5. The summed E-state index contributed by atoms with van der Waals surface area (Å²) in [5.41, 5.74) is 2.07. The number of aromatic nitrogens is 3. The summed E-state index contributed by atoms with van der Waals surface area (Å²) in [5.74, 6) is 0.114. The lowest BCUT2D eigenvalue weighted by Crippen LogP contribution is -2.15. The smallest absolute Gasteiger partial charge is 0.191 e. The summed E-state index contributed by atoms with van der Waals surface area (Å²) in [6.07, 6.45) is 1.64. The van der Waals surface area contributed by atoms with Gasteiger partial charge in [-0.05, 0) is 17.9 Å². The summed E-state index contributed by atoms with van der Waals surface area (Å²) < 4.78 is 1.82. The molecule has 0 N–H and O–H groups in total. The molecule has 0 bridgehead atoms. The van der Waals surface area contributed by atoms with Gasteiger partial charge >= 0.3 is 0 Å². The number of benzene rings is 1. The molecular weight excluding hydrogens is 282 g/mol. The Kier molecular flexibility index (Phi) is 4.52. The Morgan fingerprint density at radius 3 is 2.33 bits per heavy atom. The minimum atomic E-state index is -0.187. The van der Waals surface area contributed by atoms with Crippen LogP contribution in [0.15, 0.2) is 35.7 Å². The highest BCUT2D eigenvalue weighted by atomic mass is 32.2. The Labute approximate surface area is 130 Å². The van der Waals surface area contributed by atoms with Crippen LogP contribution in [-0.4, -0.2) is 25.8 Å². The molecule has 0 saturated heterocycles. The molecule has 0 saturated carbocycles. The molecular formula is C16H21N3OS. The molecule has 4 nitrogen and oxygen atoms in total. The first-order chi connectivity index (χ1) is 9.79. The Morgan fingerprint density at radius 1 is 1.24 bits per heavy atom. The topological polar surface area (TPSA) is 47.8 Å². The molecule has 1 aromatic carbocycles. The number of Topliss-reactive ketones (excluding diaryl/α,β-unsaturated/α-hetero) is 1. The number of hydrogen-bond acceptors (Lipinski definition) is 4. The molecule has 2 aromatic rings. The van der Waals surface area contributed by atoms with Gasteiger partial charge in [-0.1, -0.05) is 56.8 Å². The number of aryl methyl sites for hydroxylation is 1. The van der Waals surface area contributed by atoms with Gasteiger partial charge in [0.2, 0.25) is 0 Å². The van der Waals surface area contributed by atoms with E-state index in [9.17, 15) is 4.79 Å². The molecule has 2 rings (SSSR count). The van der Waals surface area contributed by atoms with Crippen molar-refractivity contribution in [3.05, 3.63) is 41.7 Å². The Morgan fingerprint density at radius 2 is 1.86 bits per heavy atom. The van der Waals surface area contributed by atoms with Crippen LogP contribution in [0.3, 0.4) is 0 Å². The van der Waals surface area contributed by atoms with Crippen LogP contribution in [0, 0.1) is 0 Å². The van der Waals surface area contributed by atoms with Gasteiger partial charge < -0.3 is 4.57 Å². The van der Waals surface area contributed by atoms with E-state index in [1.54, 1.807) is 6.33 Å². The van der Waals surface area contributed by atoms with Crippen LogP contribution in [0.5, 0.6) is 0 Å². The van der Waals surface area contributed by atoms with E-state index < -0.39 is 0 Å². The second kappa shape index (κ2) is 6.02. The average Bonchev–Trinajstić information content (AvgIpc) is 2.82. The van der Waals surface area contributed by atoms with E-state index in [1.807, 2.05) is 42.8 Å². The van der Waals surface area contributed by atoms with Gasteiger partial charge in [-0.25, -0.2) is 0 Å². The molecule has 1 atom stereocenters. The Balaban J connectivity index is 2.11. The van der Waals surface area contributed by atoms with Crippen LogP contribution in [0.1, 0.15) is 43.6 Å². The minimum absolute atomic E-state index is 0.0978. The number of hydrogen-bond donors (Lipinski definition) is 0. The second-order valence-corrected chi connectivity index (χ2v) is 7.48. The lowest BCUT2D eigenvalue weighted by molar-refractivity contribution is 0.0994. The average molecular weight is 303 g/mol. The molecule has 0 fully saturated rings. The van der Waals surface area contributed by atoms with E-state index in [0.29, 0.717) is 0 Å². The monoisotopic (exact) mass is 303 g/mol. The molecule has 21 heavy (non-hydrogen) atoms. The molecule has 0 amide bonds. The summed E-state index contributed by atoms with van der Waals surface area (Å²) in [7, 11) is 1.87. The molecule has 112 valence electrons. The first-order valence-electron chi connectivity index (χ1n) is 6.94. The lowest BCUT2D eigenvalue weighted by atomic mass is 9.86. The first-order valence-corrected chi connectivity index (χ1v) is 7.82. The molecule has 0 spiro atoms. The van der Waals surface area contributed by atoms with E-state index in [0.717, 1.165) is 10.7 Å². The highest BCUT2D eigenvalue weighted by molar-refractivity contribution is 8.00. The fraction of sp³-hybridized carbons (Fsp3) is 0.438. The summed E-state index contributed by atoms with van der Waals surface area (Å²) in [4.78, 5) is 12.5. The third-order valence-electron chi connectivity index (χ3n) is 3.36. The summed E-state index contributed by atoms with van der Waals surface area (Å²) in [5, 5.41) is 8.39. The zero-order chi connectivity index (χ0) is 15.6. The molecule has 0 aliphatic carbocycles. The SMILES string of the molecule is C[C@@H](Sc1nncn1C)C(=O)c1ccc(C(C)(C)C)cc1. The maximum Gasteiger partial charge on any atom is 0.191 e. The molecule has 5 heteroatoms. The van der Waals surface area contributed by atoms with Crippen molar-refractivity contribution in [2.75, 3.05) is 0 Å². The summed E-state index contributed by atoms with van der Waals surface area (Å²) in [6, 6.07) is 7.90. The maximum absolute atomic E-state index is 12.5. The fourth-order valence-corrected chi connectivity index (χ4v) is 2.83. The number of ketones is 1. The molecule has 0 unspecified atom stereocenters. The number of carbonyl (C=O) groups is 1. The summed E-state index contributed by atoms with van der Waals surface area (Å²) in [6.45, 7) is 8.39. The van der Waals surface area contributed by atoms with E-state index in [2.05, 4.69) is 31.0 Å². The predicted molar refractivity (Wildman–Crippen MR) is 85.8 cm³/mol. The van der Waals surface area contributed by atoms with Gasteiger partial charge in [0, 0.05) is 12.6 Å². The van der Waals surface area contributed by atoms with Crippen LogP contribution in [0.4, 0.5) is 0 Å². The third kappa shape index (κ3) is 3.73. The van der Waals surface area contributed by atoms with Crippen molar-refractivity contribution in [1.29, 1.82) is 0 Å². The normalized spacial score (nSPS) is 13.2. The second-order valence-electron chi connectivity index (χ2n) is 6.18. The van der Waals surface area contributed by atoms with Gasteiger partial charge in [0.25, 0.3) is 0 Å². The molecule has 0 radical (unpaired) electrons. The van der Waals surface area contributed by atoms with Crippen molar-refractivity contribution in [2.45, 2.75) is 43.5 Å².